The molecule has 0 saturated heterocycles. The highest BCUT2D eigenvalue weighted by molar-refractivity contribution is 5.98. The lowest BCUT2D eigenvalue weighted by Crippen LogP contribution is -2.51. The number of allylic oxidation sites excluding steroid dienone is 3. The Kier molecular flexibility index (Phi) is 3.61. The zero-order valence-electron chi connectivity index (χ0n) is 13.0. The Balaban J connectivity index is 1.94. The fraction of sp³-hybridized carbons (Fsp3) is 0.333. The number of hydrogen-bond acceptors (Lipinski definition) is 3. The second-order valence-corrected chi connectivity index (χ2v) is 6.19. The van der Waals surface area contributed by atoms with Gasteiger partial charge < -0.3 is 5.73 Å². The van der Waals surface area contributed by atoms with Gasteiger partial charge in [-0.25, -0.2) is 4.99 Å². The van der Waals surface area contributed by atoms with E-state index in [1.54, 1.807) is 7.05 Å². The summed E-state index contributed by atoms with van der Waals surface area (Å²) in [5, 5.41) is 0. The summed E-state index contributed by atoms with van der Waals surface area (Å²) in [6, 6.07) is 10.3. The maximum absolute atomic E-state index is 12.1. The Bertz CT molecular complexity index is 675. The molecule has 1 amide bonds. The fourth-order valence-electron chi connectivity index (χ4n) is 3.08. The first-order chi connectivity index (χ1) is 10.5. The van der Waals surface area contributed by atoms with Gasteiger partial charge in [-0.3, -0.25) is 9.69 Å². The molecule has 3 rings (SSSR count). The number of guanidine groups is 1. The van der Waals surface area contributed by atoms with Crippen molar-refractivity contribution in [3.63, 3.8) is 0 Å². The monoisotopic (exact) mass is 295 g/mol. The summed E-state index contributed by atoms with van der Waals surface area (Å²) in [5.41, 5.74) is 7.80. The first kappa shape index (κ1) is 14.6. The van der Waals surface area contributed by atoms with Crippen LogP contribution < -0.4 is 5.73 Å². The Morgan fingerprint density at radius 2 is 2.05 bits per heavy atom. The molecule has 114 valence electrons. The molecule has 4 nitrogen and oxygen atoms in total. The number of carbonyl (C=O) groups excluding carboxylic acids is 1. The van der Waals surface area contributed by atoms with E-state index < -0.39 is 5.54 Å². The van der Waals surface area contributed by atoms with E-state index in [2.05, 4.69) is 35.4 Å². The number of amides is 1. The molecule has 1 aliphatic carbocycles. The summed E-state index contributed by atoms with van der Waals surface area (Å²) in [7, 11) is 1.67. The van der Waals surface area contributed by atoms with Crippen LogP contribution in [0.25, 0.3) is 5.57 Å². The standard InChI is InChI=1S/C18H21N3O/c1-18(12-16(22)21(2)17(19)20-18)15-10-6-9-14(11-15)13-7-4-3-5-8-13/h3-9,11,15H,10,12H2,1-2H3,(H2,19,20)/t15?,18-/m0/s1. The molecular weight excluding hydrogens is 274 g/mol. The number of benzene rings is 1. The maximum Gasteiger partial charge on any atom is 0.231 e. The molecule has 0 aromatic heterocycles. The largest absolute Gasteiger partial charge is 0.369 e. The van der Waals surface area contributed by atoms with Crippen LogP contribution in [-0.4, -0.2) is 29.4 Å². The smallest absolute Gasteiger partial charge is 0.231 e. The maximum atomic E-state index is 12.1. The first-order valence-corrected chi connectivity index (χ1v) is 7.55. The number of aliphatic imine (C=N–C) groups is 1. The van der Waals surface area contributed by atoms with E-state index in [0.29, 0.717) is 12.4 Å². The molecule has 2 aliphatic rings. The predicted octanol–water partition coefficient (Wildman–Crippen LogP) is 2.58. The summed E-state index contributed by atoms with van der Waals surface area (Å²) in [6.45, 7) is 2.02. The van der Waals surface area contributed by atoms with Crippen LogP contribution in [0, 0.1) is 5.92 Å². The lowest BCUT2D eigenvalue weighted by atomic mass is 9.76. The van der Waals surface area contributed by atoms with Crippen LogP contribution in [0.3, 0.4) is 0 Å². The highest BCUT2D eigenvalue weighted by Gasteiger charge is 2.40. The van der Waals surface area contributed by atoms with Gasteiger partial charge in [0.05, 0.1) is 12.0 Å². The van der Waals surface area contributed by atoms with Crippen LogP contribution in [0.15, 0.2) is 53.6 Å². The van der Waals surface area contributed by atoms with Crippen molar-refractivity contribution in [2.24, 2.45) is 16.6 Å². The number of nitrogens with two attached hydrogens (primary N) is 1. The van der Waals surface area contributed by atoms with E-state index in [9.17, 15) is 4.79 Å². The highest BCUT2D eigenvalue weighted by Crippen LogP contribution is 2.37. The van der Waals surface area contributed by atoms with Crippen LogP contribution in [0.1, 0.15) is 25.3 Å². The lowest BCUT2D eigenvalue weighted by Gasteiger charge is -2.38. The van der Waals surface area contributed by atoms with Crippen molar-refractivity contribution in [3.05, 3.63) is 54.1 Å². The minimum absolute atomic E-state index is 0.0271. The summed E-state index contributed by atoms with van der Waals surface area (Å²) in [5.74, 6) is 0.506. The van der Waals surface area contributed by atoms with Gasteiger partial charge in [-0.05, 0) is 24.5 Å². The molecule has 0 saturated carbocycles. The summed E-state index contributed by atoms with van der Waals surface area (Å²) >= 11 is 0. The van der Waals surface area contributed by atoms with E-state index in [1.165, 1.54) is 16.0 Å². The molecule has 1 heterocycles. The normalized spacial score (nSPS) is 28.4. The van der Waals surface area contributed by atoms with E-state index in [4.69, 9.17) is 5.73 Å². The fourth-order valence-corrected chi connectivity index (χ4v) is 3.08. The average molecular weight is 295 g/mol. The third kappa shape index (κ3) is 2.56. The third-order valence-electron chi connectivity index (χ3n) is 4.57. The highest BCUT2D eigenvalue weighted by atomic mass is 16.2. The molecule has 2 N–H and O–H groups in total. The summed E-state index contributed by atoms with van der Waals surface area (Å²) in [6.07, 6.45) is 7.79. The van der Waals surface area contributed by atoms with Gasteiger partial charge >= 0.3 is 0 Å². The Morgan fingerprint density at radius 3 is 2.73 bits per heavy atom. The van der Waals surface area contributed by atoms with Gasteiger partial charge in [0.15, 0.2) is 5.96 Å². The molecule has 0 fully saturated rings. The predicted molar refractivity (Wildman–Crippen MR) is 89.1 cm³/mol. The number of carbonyl (C=O) groups is 1. The minimum Gasteiger partial charge on any atom is -0.369 e. The SMILES string of the molecule is CN1C(=O)C[C@@](C)(C2C=C(c3ccccc3)C=CC2)N=C1N. The molecule has 22 heavy (non-hydrogen) atoms. The quantitative estimate of drug-likeness (QED) is 0.911. The Hall–Kier alpha value is -2.36. The van der Waals surface area contributed by atoms with Crippen LogP contribution >= 0.6 is 0 Å². The molecular formula is C18H21N3O. The van der Waals surface area contributed by atoms with Gasteiger partial charge in [0.1, 0.15) is 0 Å². The molecule has 1 aromatic rings. The van der Waals surface area contributed by atoms with Crippen molar-refractivity contribution in [2.45, 2.75) is 25.3 Å². The lowest BCUT2D eigenvalue weighted by molar-refractivity contribution is -0.128. The van der Waals surface area contributed by atoms with Crippen LogP contribution in [0.4, 0.5) is 0 Å². The minimum atomic E-state index is -0.474. The van der Waals surface area contributed by atoms with E-state index in [-0.39, 0.29) is 11.8 Å². The zero-order chi connectivity index (χ0) is 15.7. The average Bonchev–Trinajstić information content (AvgIpc) is 2.53. The van der Waals surface area contributed by atoms with Crippen molar-refractivity contribution >= 4 is 17.4 Å². The molecule has 1 unspecified atom stereocenters. The molecule has 1 aromatic carbocycles. The van der Waals surface area contributed by atoms with E-state index >= 15 is 0 Å². The molecule has 0 spiro atoms. The van der Waals surface area contributed by atoms with Gasteiger partial charge in [-0.2, -0.15) is 0 Å². The van der Waals surface area contributed by atoms with Gasteiger partial charge in [-0.15, -0.1) is 0 Å². The first-order valence-electron chi connectivity index (χ1n) is 7.55. The third-order valence-corrected chi connectivity index (χ3v) is 4.57. The van der Waals surface area contributed by atoms with Gasteiger partial charge in [0.2, 0.25) is 5.91 Å². The second kappa shape index (κ2) is 5.44. The van der Waals surface area contributed by atoms with Gasteiger partial charge in [-0.1, -0.05) is 48.6 Å². The van der Waals surface area contributed by atoms with Crippen molar-refractivity contribution in [3.8, 4) is 0 Å². The van der Waals surface area contributed by atoms with E-state index in [1.807, 2.05) is 25.1 Å². The van der Waals surface area contributed by atoms with Gasteiger partial charge in [0, 0.05) is 13.0 Å². The van der Waals surface area contributed by atoms with Crippen LogP contribution in [0.5, 0.6) is 0 Å². The Labute approximate surface area is 131 Å². The molecule has 2 atom stereocenters. The van der Waals surface area contributed by atoms with Crippen molar-refractivity contribution in [1.82, 2.24) is 4.90 Å². The molecule has 0 bridgehead atoms. The summed E-state index contributed by atoms with van der Waals surface area (Å²) in [4.78, 5) is 18.2. The second-order valence-electron chi connectivity index (χ2n) is 6.19. The van der Waals surface area contributed by atoms with Crippen LogP contribution in [-0.2, 0) is 4.79 Å². The molecule has 1 aliphatic heterocycles. The van der Waals surface area contributed by atoms with Crippen molar-refractivity contribution in [1.29, 1.82) is 0 Å². The summed E-state index contributed by atoms with van der Waals surface area (Å²) < 4.78 is 0. The topological polar surface area (TPSA) is 58.7 Å². The molecule has 0 radical (unpaired) electrons. The van der Waals surface area contributed by atoms with E-state index in [0.717, 1.165) is 6.42 Å². The number of hydrogen-bond donors (Lipinski definition) is 1. The van der Waals surface area contributed by atoms with Crippen molar-refractivity contribution in [2.75, 3.05) is 7.05 Å². The Morgan fingerprint density at radius 1 is 1.32 bits per heavy atom. The number of nitrogens with zero attached hydrogens (tertiary/aromatic N) is 2. The zero-order valence-corrected chi connectivity index (χ0v) is 13.0. The number of rotatable bonds is 2. The van der Waals surface area contributed by atoms with Crippen LogP contribution in [0.2, 0.25) is 0 Å². The van der Waals surface area contributed by atoms with Crippen molar-refractivity contribution < 1.29 is 4.79 Å². The van der Waals surface area contributed by atoms with Gasteiger partial charge in [0.25, 0.3) is 0 Å². The molecule has 4 heteroatoms.